The zero-order valence-electron chi connectivity index (χ0n) is 18.2. The summed E-state index contributed by atoms with van der Waals surface area (Å²) in [6.07, 6.45) is 1.59. The third-order valence-corrected chi connectivity index (χ3v) is 8.53. The number of nitrogens with zero attached hydrogens (tertiary/aromatic N) is 2. The van der Waals surface area contributed by atoms with Gasteiger partial charge in [0.1, 0.15) is 0 Å². The number of piperazine rings is 1. The van der Waals surface area contributed by atoms with Crippen LogP contribution in [0.1, 0.15) is 31.4 Å². The van der Waals surface area contributed by atoms with Crippen LogP contribution in [0.15, 0.2) is 47.4 Å². The Labute approximate surface area is 199 Å². The van der Waals surface area contributed by atoms with Crippen LogP contribution >= 0.6 is 23.2 Å². The van der Waals surface area contributed by atoms with Crippen molar-refractivity contribution in [3.63, 3.8) is 0 Å². The second-order valence-corrected chi connectivity index (χ2v) is 11.0. The van der Waals surface area contributed by atoms with Gasteiger partial charge in [0.25, 0.3) is 0 Å². The van der Waals surface area contributed by atoms with Crippen LogP contribution < -0.4 is 0 Å². The predicted molar refractivity (Wildman–Crippen MR) is 127 cm³/mol. The molecule has 0 spiro atoms. The quantitative estimate of drug-likeness (QED) is 0.585. The number of aliphatic carboxylic acids is 1. The van der Waals surface area contributed by atoms with E-state index in [9.17, 15) is 13.2 Å². The van der Waals surface area contributed by atoms with Crippen LogP contribution in [0.2, 0.25) is 10.0 Å². The number of aryl methyl sites for hydroxylation is 1. The van der Waals surface area contributed by atoms with Gasteiger partial charge in [0.05, 0.1) is 21.4 Å². The monoisotopic (exact) mass is 498 g/mol. The zero-order valence-corrected chi connectivity index (χ0v) is 20.5. The van der Waals surface area contributed by atoms with Crippen molar-refractivity contribution in [1.29, 1.82) is 0 Å². The summed E-state index contributed by atoms with van der Waals surface area (Å²) in [4.78, 5) is 13.4. The molecule has 1 aliphatic heterocycles. The lowest BCUT2D eigenvalue weighted by molar-refractivity contribution is -0.136. The Morgan fingerprint density at radius 3 is 2.34 bits per heavy atom. The normalized spacial score (nSPS) is 20.4. The first-order valence-electron chi connectivity index (χ1n) is 10.6. The third-order valence-electron chi connectivity index (χ3n) is 5.67. The van der Waals surface area contributed by atoms with Crippen molar-refractivity contribution in [2.75, 3.05) is 19.6 Å². The first-order chi connectivity index (χ1) is 15.1. The molecule has 1 N–H and O–H groups in total. The molecular formula is C23H28Cl2N2O4S. The minimum Gasteiger partial charge on any atom is -0.481 e. The van der Waals surface area contributed by atoms with E-state index in [1.807, 2.05) is 26.0 Å². The van der Waals surface area contributed by atoms with Gasteiger partial charge in [-0.2, -0.15) is 4.31 Å². The maximum absolute atomic E-state index is 13.3. The Balaban J connectivity index is 1.63. The third kappa shape index (κ3) is 6.02. The summed E-state index contributed by atoms with van der Waals surface area (Å²) in [6.45, 7) is 5.97. The summed E-state index contributed by atoms with van der Waals surface area (Å²) in [7, 11) is -3.73. The minimum atomic E-state index is -3.73. The van der Waals surface area contributed by atoms with E-state index in [1.54, 1.807) is 22.5 Å². The van der Waals surface area contributed by atoms with Crippen molar-refractivity contribution >= 4 is 39.2 Å². The fraction of sp³-hybridized carbons (Fsp3) is 0.435. The molecule has 174 valence electrons. The van der Waals surface area contributed by atoms with Gasteiger partial charge in [-0.25, -0.2) is 8.42 Å². The van der Waals surface area contributed by atoms with E-state index in [2.05, 4.69) is 4.90 Å². The van der Waals surface area contributed by atoms with Gasteiger partial charge in [0.2, 0.25) is 10.0 Å². The van der Waals surface area contributed by atoms with E-state index in [1.165, 1.54) is 12.1 Å². The SMILES string of the molecule is CC1CN(CCCc2ccc(Cl)c(Cl)c2)CC(C)N1S(=O)(=O)c1cccc(CC(=O)O)c1. The molecule has 6 nitrogen and oxygen atoms in total. The van der Waals surface area contributed by atoms with Gasteiger partial charge >= 0.3 is 5.97 Å². The molecule has 1 aliphatic rings. The molecule has 0 bridgehead atoms. The fourth-order valence-corrected chi connectivity index (χ4v) is 6.58. The average Bonchev–Trinajstić information content (AvgIpc) is 2.70. The highest BCUT2D eigenvalue weighted by atomic mass is 35.5. The fourth-order valence-electron chi connectivity index (χ4n) is 4.39. The lowest BCUT2D eigenvalue weighted by Crippen LogP contribution is -2.58. The Kier molecular flexibility index (Phi) is 8.22. The van der Waals surface area contributed by atoms with Crippen LogP contribution in [0.3, 0.4) is 0 Å². The van der Waals surface area contributed by atoms with Crippen LogP contribution in [0.5, 0.6) is 0 Å². The lowest BCUT2D eigenvalue weighted by Gasteiger charge is -2.43. The standard InChI is InChI=1S/C23H28Cl2N2O4S/c1-16-14-26(10-4-6-18-8-9-21(24)22(25)12-18)15-17(2)27(16)32(30,31)20-7-3-5-19(11-20)13-23(28)29/h3,5,7-9,11-12,16-17H,4,6,10,13-15H2,1-2H3,(H,28,29). The molecular weight excluding hydrogens is 471 g/mol. The van der Waals surface area contributed by atoms with Crippen LogP contribution in [-0.2, 0) is 27.7 Å². The van der Waals surface area contributed by atoms with E-state index < -0.39 is 16.0 Å². The van der Waals surface area contributed by atoms with Crippen molar-refractivity contribution in [3.05, 3.63) is 63.6 Å². The molecule has 2 aromatic carbocycles. The molecule has 1 saturated heterocycles. The molecule has 32 heavy (non-hydrogen) atoms. The van der Waals surface area contributed by atoms with Gasteiger partial charge in [-0.3, -0.25) is 4.79 Å². The molecule has 0 aromatic heterocycles. The first-order valence-corrected chi connectivity index (χ1v) is 12.8. The Morgan fingerprint density at radius 1 is 1.03 bits per heavy atom. The molecule has 0 aliphatic carbocycles. The van der Waals surface area contributed by atoms with Crippen LogP contribution in [-0.4, -0.2) is 60.4 Å². The van der Waals surface area contributed by atoms with Gasteiger partial charge in [-0.05, 0) is 68.6 Å². The maximum atomic E-state index is 13.3. The van der Waals surface area contributed by atoms with E-state index in [0.29, 0.717) is 28.7 Å². The van der Waals surface area contributed by atoms with Crippen molar-refractivity contribution in [3.8, 4) is 0 Å². The number of carbonyl (C=O) groups is 1. The van der Waals surface area contributed by atoms with Gasteiger partial charge in [-0.15, -0.1) is 0 Å². The number of sulfonamides is 1. The molecule has 0 radical (unpaired) electrons. The van der Waals surface area contributed by atoms with Gasteiger partial charge in [0.15, 0.2) is 0 Å². The minimum absolute atomic E-state index is 0.142. The first kappa shape index (κ1) is 25.0. The van der Waals surface area contributed by atoms with E-state index in [-0.39, 0.29) is 23.4 Å². The zero-order chi connectivity index (χ0) is 23.5. The predicted octanol–water partition coefficient (Wildman–Crippen LogP) is 4.34. The number of hydrogen-bond acceptors (Lipinski definition) is 4. The van der Waals surface area contributed by atoms with Crippen LogP contribution in [0.4, 0.5) is 0 Å². The van der Waals surface area contributed by atoms with Crippen molar-refractivity contribution < 1.29 is 18.3 Å². The van der Waals surface area contributed by atoms with Crippen molar-refractivity contribution in [2.24, 2.45) is 0 Å². The highest BCUT2D eigenvalue weighted by molar-refractivity contribution is 7.89. The summed E-state index contributed by atoms with van der Waals surface area (Å²) in [6, 6.07) is 11.5. The second kappa shape index (κ2) is 10.5. The highest BCUT2D eigenvalue weighted by Gasteiger charge is 2.38. The highest BCUT2D eigenvalue weighted by Crippen LogP contribution is 2.27. The van der Waals surface area contributed by atoms with Crippen molar-refractivity contribution in [1.82, 2.24) is 9.21 Å². The topological polar surface area (TPSA) is 77.9 Å². The summed E-state index contributed by atoms with van der Waals surface area (Å²) < 4.78 is 28.3. The maximum Gasteiger partial charge on any atom is 0.307 e. The molecule has 2 aromatic rings. The summed E-state index contributed by atoms with van der Waals surface area (Å²) in [5.41, 5.74) is 1.60. The smallest absolute Gasteiger partial charge is 0.307 e. The van der Waals surface area contributed by atoms with Crippen LogP contribution in [0, 0.1) is 0 Å². The molecule has 3 rings (SSSR count). The van der Waals surface area contributed by atoms with Crippen molar-refractivity contribution in [2.45, 2.75) is 50.1 Å². The molecule has 1 fully saturated rings. The average molecular weight is 499 g/mol. The Hall–Kier alpha value is -1.64. The van der Waals surface area contributed by atoms with Gasteiger partial charge in [-0.1, -0.05) is 41.4 Å². The molecule has 0 amide bonds. The number of hydrogen-bond donors (Lipinski definition) is 1. The number of carboxylic acid groups (broad SMARTS) is 1. The van der Waals surface area contributed by atoms with Gasteiger partial charge in [0, 0.05) is 25.2 Å². The summed E-state index contributed by atoms with van der Waals surface area (Å²) >= 11 is 12.1. The molecule has 9 heteroatoms. The molecule has 2 unspecified atom stereocenters. The Morgan fingerprint density at radius 2 is 1.72 bits per heavy atom. The summed E-state index contributed by atoms with van der Waals surface area (Å²) in [5, 5.41) is 10.1. The lowest BCUT2D eigenvalue weighted by atomic mass is 10.1. The number of benzene rings is 2. The van der Waals surface area contributed by atoms with Crippen LogP contribution in [0.25, 0.3) is 0 Å². The van der Waals surface area contributed by atoms with E-state index >= 15 is 0 Å². The number of rotatable bonds is 8. The molecule has 1 heterocycles. The largest absolute Gasteiger partial charge is 0.481 e. The molecule has 2 atom stereocenters. The number of carboxylic acids is 1. The second-order valence-electron chi connectivity index (χ2n) is 8.36. The molecule has 0 saturated carbocycles. The number of halogens is 2. The summed E-state index contributed by atoms with van der Waals surface area (Å²) in [5.74, 6) is -0.990. The van der Waals surface area contributed by atoms with Gasteiger partial charge < -0.3 is 10.0 Å². The van der Waals surface area contributed by atoms with E-state index in [0.717, 1.165) is 24.9 Å². The Bertz CT molecular complexity index is 1070. The van der Waals surface area contributed by atoms with E-state index in [4.69, 9.17) is 28.3 Å².